The fraction of sp³-hybridized carbons (Fsp3) is 0.0833. The molecule has 0 aliphatic rings. The minimum Gasteiger partial charge on any atom is -0.465 e. The lowest BCUT2D eigenvalue weighted by molar-refractivity contribution is 0.203. The van der Waals surface area contributed by atoms with E-state index >= 15 is 4.39 Å². The van der Waals surface area contributed by atoms with Crippen LogP contribution in [0.5, 0.6) is 0 Å². The number of aromatic amines is 2. The first-order valence-electron chi connectivity index (χ1n) is 10.1. The first kappa shape index (κ1) is 20.4. The highest BCUT2D eigenvalue weighted by Crippen LogP contribution is 2.28. The van der Waals surface area contributed by atoms with Crippen LogP contribution >= 0.6 is 0 Å². The van der Waals surface area contributed by atoms with Gasteiger partial charge in [-0.05, 0) is 35.4 Å². The van der Waals surface area contributed by atoms with E-state index in [1.165, 1.54) is 13.1 Å². The van der Waals surface area contributed by atoms with E-state index in [0.717, 1.165) is 10.3 Å². The van der Waals surface area contributed by atoms with Crippen molar-refractivity contribution in [3.63, 3.8) is 0 Å². The van der Waals surface area contributed by atoms with Gasteiger partial charge in [-0.1, -0.05) is 36.4 Å². The Morgan fingerprint density at radius 1 is 1.09 bits per heavy atom. The fourth-order valence-electron chi connectivity index (χ4n) is 3.82. The molecule has 0 spiro atoms. The zero-order valence-electron chi connectivity index (χ0n) is 17.5. The molecule has 0 saturated carbocycles. The maximum atomic E-state index is 15.1. The van der Waals surface area contributed by atoms with Gasteiger partial charge >= 0.3 is 6.09 Å². The van der Waals surface area contributed by atoms with Crippen molar-refractivity contribution in [1.82, 2.24) is 20.2 Å². The predicted octanol–water partition coefficient (Wildman–Crippen LogP) is 4.31. The molecule has 0 unspecified atom stereocenters. The summed E-state index contributed by atoms with van der Waals surface area (Å²) in [5.41, 5.74) is 3.33. The number of carboxylic acid groups (broad SMARTS) is 1. The number of hydrogen-bond acceptors (Lipinski definition) is 4. The van der Waals surface area contributed by atoms with Crippen LogP contribution in [-0.4, -0.2) is 38.4 Å². The van der Waals surface area contributed by atoms with Gasteiger partial charge in [0.1, 0.15) is 5.82 Å². The van der Waals surface area contributed by atoms with Crippen LogP contribution in [0, 0.1) is 5.82 Å². The minimum absolute atomic E-state index is 0.186. The zero-order valence-corrected chi connectivity index (χ0v) is 17.5. The van der Waals surface area contributed by atoms with Crippen LogP contribution in [0.15, 0.2) is 65.5 Å². The summed E-state index contributed by atoms with van der Waals surface area (Å²) in [4.78, 5) is 31.3. The average molecular weight is 443 g/mol. The molecule has 0 atom stereocenters. The lowest BCUT2D eigenvalue weighted by Gasteiger charge is -2.08. The summed E-state index contributed by atoms with van der Waals surface area (Å²) in [6.45, 7) is 0. The van der Waals surface area contributed by atoms with Crippen LogP contribution in [0.3, 0.4) is 0 Å². The third kappa shape index (κ3) is 3.69. The van der Waals surface area contributed by atoms with Gasteiger partial charge in [0.15, 0.2) is 0 Å². The van der Waals surface area contributed by atoms with E-state index in [1.54, 1.807) is 36.4 Å². The van der Waals surface area contributed by atoms with E-state index in [9.17, 15) is 9.59 Å². The van der Waals surface area contributed by atoms with Crippen molar-refractivity contribution in [2.75, 3.05) is 11.9 Å². The number of nitrogens with zero attached hydrogens (tertiary/aromatic N) is 3. The van der Waals surface area contributed by atoms with Crippen LogP contribution < -0.4 is 10.5 Å². The molecule has 0 radical (unpaired) electrons. The third-order valence-electron chi connectivity index (χ3n) is 5.57. The van der Waals surface area contributed by atoms with Crippen LogP contribution in [-0.2, 0) is 6.42 Å². The van der Waals surface area contributed by atoms with Crippen molar-refractivity contribution in [2.24, 2.45) is 0 Å². The Kier molecular flexibility index (Phi) is 4.86. The number of nitrogens with one attached hydrogen (secondary N) is 2. The number of carbonyl (C=O) groups is 1. The highest BCUT2D eigenvalue weighted by Gasteiger charge is 2.15. The van der Waals surface area contributed by atoms with Gasteiger partial charge in [0, 0.05) is 24.4 Å². The van der Waals surface area contributed by atoms with Gasteiger partial charge in [0.25, 0.3) is 5.56 Å². The lowest BCUT2D eigenvalue weighted by Crippen LogP contribution is -2.24. The molecule has 9 heteroatoms. The summed E-state index contributed by atoms with van der Waals surface area (Å²) in [6.07, 6.45) is -0.778. The number of anilines is 1. The molecular formula is C24H18FN5O3. The first-order valence-corrected chi connectivity index (χ1v) is 10.1. The molecular weight excluding hydrogens is 425 g/mol. The Hall–Kier alpha value is -4.53. The summed E-state index contributed by atoms with van der Waals surface area (Å²) in [5.74, 6) is -0.214. The molecule has 3 aromatic carbocycles. The number of benzene rings is 3. The molecule has 2 heterocycles. The molecule has 0 saturated heterocycles. The Bertz CT molecular complexity index is 1590. The number of amides is 1. The van der Waals surface area contributed by atoms with Crippen molar-refractivity contribution >= 4 is 33.8 Å². The summed E-state index contributed by atoms with van der Waals surface area (Å²) in [7, 11) is 1.39. The van der Waals surface area contributed by atoms with Crippen LogP contribution in [0.2, 0.25) is 0 Å². The van der Waals surface area contributed by atoms with Crippen LogP contribution in [0.4, 0.5) is 15.1 Å². The van der Waals surface area contributed by atoms with Crippen molar-refractivity contribution in [3.05, 3.63) is 88.1 Å². The average Bonchev–Trinajstić information content (AvgIpc) is 3.24. The molecule has 0 bridgehead atoms. The molecule has 33 heavy (non-hydrogen) atoms. The minimum atomic E-state index is -1.14. The monoisotopic (exact) mass is 443 g/mol. The Morgan fingerprint density at radius 3 is 2.64 bits per heavy atom. The first-order chi connectivity index (χ1) is 15.9. The van der Waals surface area contributed by atoms with Gasteiger partial charge in [-0.2, -0.15) is 5.10 Å². The fourth-order valence-corrected chi connectivity index (χ4v) is 3.82. The normalized spacial score (nSPS) is 11.2. The van der Waals surface area contributed by atoms with Gasteiger partial charge in [-0.3, -0.25) is 9.69 Å². The predicted molar refractivity (Wildman–Crippen MR) is 123 cm³/mol. The SMILES string of the molecule is CN(C(=O)O)c1nc2ccc(-c3ccc(Cc4n[nH]c(=O)c5ccccc45)cc3F)cc2[nH]1. The Labute approximate surface area is 186 Å². The van der Waals surface area contributed by atoms with E-state index in [-0.39, 0.29) is 11.5 Å². The summed E-state index contributed by atoms with van der Waals surface area (Å²) in [5, 5.41) is 17.1. The largest absolute Gasteiger partial charge is 0.465 e. The second-order valence-electron chi connectivity index (χ2n) is 7.67. The Balaban J connectivity index is 1.47. The van der Waals surface area contributed by atoms with E-state index in [4.69, 9.17) is 5.11 Å². The maximum Gasteiger partial charge on any atom is 0.413 e. The van der Waals surface area contributed by atoms with E-state index in [0.29, 0.717) is 45.2 Å². The van der Waals surface area contributed by atoms with Gasteiger partial charge in [0.2, 0.25) is 5.95 Å². The molecule has 2 aromatic heterocycles. The van der Waals surface area contributed by atoms with Gasteiger partial charge in [-0.15, -0.1) is 0 Å². The van der Waals surface area contributed by atoms with Gasteiger partial charge in [-0.25, -0.2) is 19.3 Å². The highest BCUT2D eigenvalue weighted by molar-refractivity contribution is 5.88. The van der Waals surface area contributed by atoms with E-state index in [2.05, 4.69) is 20.2 Å². The molecule has 0 aliphatic carbocycles. The van der Waals surface area contributed by atoms with E-state index in [1.807, 2.05) is 18.2 Å². The lowest BCUT2D eigenvalue weighted by atomic mass is 9.99. The molecule has 164 valence electrons. The molecule has 1 amide bonds. The van der Waals surface area contributed by atoms with E-state index < -0.39 is 11.9 Å². The summed E-state index contributed by atoms with van der Waals surface area (Å²) < 4.78 is 15.1. The molecule has 5 rings (SSSR count). The number of aromatic nitrogens is 4. The van der Waals surface area contributed by atoms with Crippen molar-refractivity contribution in [2.45, 2.75) is 6.42 Å². The number of rotatable bonds is 4. The van der Waals surface area contributed by atoms with Crippen LogP contribution in [0.1, 0.15) is 11.3 Å². The number of H-pyrrole nitrogens is 2. The summed E-state index contributed by atoms with van der Waals surface area (Å²) in [6, 6.07) is 17.3. The third-order valence-corrected chi connectivity index (χ3v) is 5.57. The smallest absolute Gasteiger partial charge is 0.413 e. The quantitative estimate of drug-likeness (QED) is 0.383. The number of imidazole rings is 1. The van der Waals surface area contributed by atoms with Crippen LogP contribution in [0.25, 0.3) is 32.9 Å². The number of hydrogen-bond donors (Lipinski definition) is 3. The standard InChI is InChI=1S/C24H18FN5O3/c1-30(24(32)33)23-26-19-9-7-14(12-21(19)27-23)15-8-6-13(10-18(15)25)11-20-16-4-2-3-5-17(16)22(31)29-28-20/h2-10,12H,11H2,1H3,(H,26,27)(H,29,31)(H,32,33). The topological polar surface area (TPSA) is 115 Å². The second kappa shape index (κ2) is 7.86. The number of fused-ring (bicyclic) bond motifs is 2. The van der Waals surface area contributed by atoms with Crippen molar-refractivity contribution in [3.8, 4) is 11.1 Å². The van der Waals surface area contributed by atoms with Crippen molar-refractivity contribution < 1.29 is 14.3 Å². The zero-order chi connectivity index (χ0) is 23.1. The maximum absolute atomic E-state index is 15.1. The molecule has 8 nitrogen and oxygen atoms in total. The second-order valence-corrected chi connectivity index (χ2v) is 7.67. The molecule has 3 N–H and O–H groups in total. The number of halogens is 1. The van der Waals surface area contributed by atoms with Crippen molar-refractivity contribution in [1.29, 1.82) is 0 Å². The Morgan fingerprint density at radius 2 is 1.88 bits per heavy atom. The van der Waals surface area contributed by atoms with Gasteiger partial charge in [0.05, 0.1) is 22.1 Å². The molecule has 0 aliphatic heterocycles. The molecule has 0 fully saturated rings. The summed E-state index contributed by atoms with van der Waals surface area (Å²) >= 11 is 0. The van der Waals surface area contributed by atoms with Gasteiger partial charge < -0.3 is 10.1 Å². The molecule has 5 aromatic rings. The highest BCUT2D eigenvalue weighted by atomic mass is 19.1.